The maximum Gasteiger partial charge on any atom is 0.416 e. The first-order valence-electron chi connectivity index (χ1n) is 12.9. The number of rotatable bonds is 6. The summed E-state index contributed by atoms with van der Waals surface area (Å²) < 4.78 is 92.9. The molecule has 1 heterocycles. The summed E-state index contributed by atoms with van der Waals surface area (Å²) in [5.41, 5.74) is -2.08. The number of carboxylic acid groups (broad SMARTS) is 1. The third kappa shape index (κ3) is 6.21. The Labute approximate surface area is 226 Å². The molecule has 0 bridgehead atoms. The molecule has 1 aliphatic carbocycles. The van der Waals surface area contributed by atoms with Gasteiger partial charge in [0.15, 0.2) is 6.10 Å². The Morgan fingerprint density at radius 2 is 1.62 bits per heavy atom. The van der Waals surface area contributed by atoms with Crippen LogP contribution in [0.1, 0.15) is 59.6 Å². The zero-order valence-electron chi connectivity index (χ0n) is 21.8. The van der Waals surface area contributed by atoms with Crippen molar-refractivity contribution in [2.75, 3.05) is 19.7 Å². The smallest absolute Gasteiger partial charge is 0.416 e. The summed E-state index contributed by atoms with van der Waals surface area (Å²) in [6.45, 7) is 3.63. The highest BCUT2D eigenvalue weighted by Crippen LogP contribution is 2.49. The number of alkyl halides is 6. The largest absolute Gasteiger partial charge is 0.465 e. The molecular weight excluding hydrogens is 544 g/mol. The zero-order chi connectivity index (χ0) is 29.4. The number of benzene rings is 2. The fourth-order valence-electron chi connectivity index (χ4n) is 5.94. The minimum Gasteiger partial charge on any atom is -0.465 e. The average Bonchev–Trinajstić information content (AvgIpc) is 3.31. The molecule has 0 unspecified atom stereocenters. The van der Waals surface area contributed by atoms with E-state index in [1.807, 2.05) is 25.1 Å². The van der Waals surface area contributed by atoms with Gasteiger partial charge in [-0.2, -0.15) is 26.3 Å². The van der Waals surface area contributed by atoms with Gasteiger partial charge in [0.05, 0.1) is 23.8 Å². The molecule has 5 atom stereocenters. The average molecular weight is 574 g/mol. The molecule has 0 aromatic heterocycles. The summed E-state index contributed by atoms with van der Waals surface area (Å²) in [5, 5.41) is 9.60. The van der Waals surface area contributed by atoms with Crippen LogP contribution >= 0.6 is 0 Å². The number of halogens is 6. The van der Waals surface area contributed by atoms with Crippen LogP contribution in [0.5, 0.6) is 0 Å². The third-order valence-electron chi connectivity index (χ3n) is 7.72. The molecule has 4 rings (SSSR count). The Bertz CT molecular complexity index is 1210. The number of aryl methyl sites for hydroxylation is 1. The van der Waals surface area contributed by atoms with Crippen LogP contribution in [0.25, 0.3) is 0 Å². The van der Waals surface area contributed by atoms with Crippen molar-refractivity contribution in [3.05, 3.63) is 70.3 Å². The molecular formula is C28H29F6NO5. The normalized spacial score (nSPS) is 23.9. The molecule has 40 heavy (non-hydrogen) atoms. The van der Waals surface area contributed by atoms with Gasteiger partial charge in [-0.25, -0.2) is 9.59 Å². The first-order chi connectivity index (χ1) is 18.7. The third-order valence-corrected chi connectivity index (χ3v) is 7.72. The second kappa shape index (κ2) is 11.3. The fraction of sp³-hybridized carbons (Fsp3) is 0.500. The second-order valence-electron chi connectivity index (χ2n) is 10.2. The lowest BCUT2D eigenvalue weighted by Gasteiger charge is -2.41. The molecule has 1 saturated heterocycles. The van der Waals surface area contributed by atoms with E-state index in [9.17, 15) is 41.0 Å². The molecule has 2 aromatic rings. The minimum atomic E-state index is -5.11. The summed E-state index contributed by atoms with van der Waals surface area (Å²) in [7, 11) is 0. The molecule has 12 heteroatoms. The van der Waals surface area contributed by atoms with Crippen molar-refractivity contribution in [2.45, 2.75) is 57.2 Å². The first kappa shape index (κ1) is 29.7. The number of amides is 1. The molecule has 1 aliphatic heterocycles. The van der Waals surface area contributed by atoms with Crippen LogP contribution in [0, 0.1) is 18.8 Å². The standard InChI is InChI=1S/C28H29F6NO5/c1-3-39-25(36)24(17-10-18(27(29,30)31)12-19(11-17)28(32,33)34)40-22-9-8-16-13-35(26(37)38)14-21(16)23(22)20-7-5-4-6-15(20)2/h4-7,10-12,16,21-24H,3,8-9,13-14H2,1-2H3,(H,37,38)/t16-,21-,22+,23+,24+/m1/s1. The first-order valence-corrected chi connectivity index (χ1v) is 12.9. The van der Waals surface area contributed by atoms with E-state index in [-0.39, 0.29) is 31.1 Å². The molecule has 0 radical (unpaired) electrons. The van der Waals surface area contributed by atoms with Crippen LogP contribution in [-0.2, 0) is 26.6 Å². The Morgan fingerprint density at radius 1 is 1.00 bits per heavy atom. The molecule has 1 N–H and O–H groups in total. The van der Waals surface area contributed by atoms with Crippen molar-refractivity contribution >= 4 is 12.1 Å². The van der Waals surface area contributed by atoms with Gasteiger partial charge in [0.25, 0.3) is 0 Å². The monoisotopic (exact) mass is 573 g/mol. The SMILES string of the molecule is CCOC(=O)[C@@H](O[C@H]1CC[C@@H]2CN(C(=O)O)C[C@H]2[C@@H]1c1ccccc1C)c1cc(C(F)(F)F)cc(C(F)(F)F)c1. The number of fused-ring (bicyclic) bond motifs is 1. The second-order valence-corrected chi connectivity index (χ2v) is 10.2. The van der Waals surface area contributed by atoms with E-state index in [1.165, 1.54) is 11.8 Å². The van der Waals surface area contributed by atoms with Gasteiger partial charge < -0.3 is 19.5 Å². The molecule has 2 fully saturated rings. The van der Waals surface area contributed by atoms with Crippen molar-refractivity contribution in [3.63, 3.8) is 0 Å². The Kier molecular flexibility index (Phi) is 8.39. The molecule has 2 aromatic carbocycles. The van der Waals surface area contributed by atoms with Gasteiger partial charge in [0, 0.05) is 19.0 Å². The van der Waals surface area contributed by atoms with E-state index in [4.69, 9.17) is 9.47 Å². The topological polar surface area (TPSA) is 76.1 Å². The molecule has 0 spiro atoms. The quantitative estimate of drug-likeness (QED) is 0.303. The number of esters is 1. The van der Waals surface area contributed by atoms with Crippen LogP contribution in [0.3, 0.4) is 0 Å². The van der Waals surface area contributed by atoms with E-state index in [1.54, 1.807) is 6.07 Å². The van der Waals surface area contributed by atoms with Crippen LogP contribution in [-0.4, -0.2) is 47.9 Å². The lowest BCUT2D eigenvalue weighted by atomic mass is 9.68. The van der Waals surface area contributed by atoms with Crippen LogP contribution < -0.4 is 0 Å². The summed E-state index contributed by atoms with van der Waals surface area (Å²) >= 11 is 0. The Hall–Kier alpha value is -3.28. The van der Waals surface area contributed by atoms with Gasteiger partial charge in [-0.05, 0) is 73.4 Å². The van der Waals surface area contributed by atoms with Gasteiger partial charge in [0.2, 0.25) is 0 Å². The highest BCUT2D eigenvalue weighted by Gasteiger charge is 2.48. The van der Waals surface area contributed by atoms with Gasteiger partial charge in [-0.1, -0.05) is 24.3 Å². The summed E-state index contributed by atoms with van der Waals surface area (Å²) in [5.74, 6) is -1.83. The number of nitrogens with zero attached hydrogens (tertiary/aromatic N) is 1. The highest BCUT2D eigenvalue weighted by molar-refractivity contribution is 5.77. The number of carbonyl (C=O) groups is 2. The maximum atomic E-state index is 13.6. The predicted molar refractivity (Wildman–Crippen MR) is 130 cm³/mol. The van der Waals surface area contributed by atoms with Crippen molar-refractivity contribution < 1.29 is 50.5 Å². The van der Waals surface area contributed by atoms with Crippen molar-refractivity contribution in [2.24, 2.45) is 11.8 Å². The predicted octanol–water partition coefficient (Wildman–Crippen LogP) is 6.83. The maximum absolute atomic E-state index is 13.6. The number of carbonyl (C=O) groups excluding carboxylic acids is 1. The van der Waals surface area contributed by atoms with Gasteiger partial charge in [-0.15, -0.1) is 0 Å². The van der Waals surface area contributed by atoms with Crippen molar-refractivity contribution in [1.82, 2.24) is 4.90 Å². The molecule has 2 aliphatic rings. The van der Waals surface area contributed by atoms with E-state index < -0.39 is 59.2 Å². The number of likely N-dealkylation sites (tertiary alicyclic amines) is 1. The zero-order valence-corrected chi connectivity index (χ0v) is 21.8. The number of hydrogen-bond acceptors (Lipinski definition) is 4. The van der Waals surface area contributed by atoms with E-state index in [2.05, 4.69) is 0 Å². The Morgan fingerprint density at radius 3 is 2.17 bits per heavy atom. The highest BCUT2D eigenvalue weighted by atomic mass is 19.4. The van der Waals surface area contributed by atoms with Crippen molar-refractivity contribution in [3.8, 4) is 0 Å². The molecule has 1 saturated carbocycles. The van der Waals surface area contributed by atoms with Crippen molar-refractivity contribution in [1.29, 1.82) is 0 Å². The summed E-state index contributed by atoms with van der Waals surface area (Å²) in [6, 6.07) is 8.25. The molecule has 6 nitrogen and oxygen atoms in total. The molecule has 1 amide bonds. The lowest BCUT2D eigenvalue weighted by Crippen LogP contribution is -2.40. The van der Waals surface area contributed by atoms with Gasteiger partial charge in [-0.3, -0.25) is 0 Å². The Balaban J connectivity index is 1.79. The minimum absolute atomic E-state index is 0.00787. The van der Waals surface area contributed by atoms with Crippen LogP contribution in [0.2, 0.25) is 0 Å². The summed E-state index contributed by atoms with van der Waals surface area (Å²) in [6.07, 6.45) is -13.2. The van der Waals surface area contributed by atoms with Gasteiger partial charge >= 0.3 is 24.4 Å². The van der Waals surface area contributed by atoms with Gasteiger partial charge in [0.1, 0.15) is 0 Å². The summed E-state index contributed by atoms with van der Waals surface area (Å²) in [4.78, 5) is 26.1. The van der Waals surface area contributed by atoms with E-state index in [0.717, 1.165) is 11.1 Å². The van der Waals surface area contributed by atoms with E-state index >= 15 is 0 Å². The lowest BCUT2D eigenvalue weighted by molar-refractivity contribution is -0.165. The number of ether oxygens (including phenoxy) is 2. The fourth-order valence-corrected chi connectivity index (χ4v) is 5.94. The molecule has 218 valence electrons. The van der Waals surface area contributed by atoms with E-state index in [0.29, 0.717) is 31.5 Å². The van der Waals surface area contributed by atoms with Crippen LogP contribution in [0.4, 0.5) is 31.1 Å². The number of hydrogen-bond donors (Lipinski definition) is 1. The van der Waals surface area contributed by atoms with Crippen LogP contribution in [0.15, 0.2) is 42.5 Å².